The van der Waals surface area contributed by atoms with Gasteiger partial charge in [-0.3, -0.25) is 4.90 Å². The highest BCUT2D eigenvalue weighted by Crippen LogP contribution is 2.30. The fraction of sp³-hybridized carbons (Fsp3) is 0.280. The summed E-state index contributed by atoms with van der Waals surface area (Å²) in [5.41, 5.74) is 5.44. The molecule has 0 saturated carbocycles. The summed E-state index contributed by atoms with van der Waals surface area (Å²) in [5, 5.41) is 22.7. The van der Waals surface area contributed by atoms with Gasteiger partial charge in [-0.25, -0.2) is 19.2 Å². The molecule has 0 bridgehead atoms. The Morgan fingerprint density at radius 2 is 2.21 bits per heavy atom. The number of hydrogen-bond donors (Lipinski definition) is 2. The molecule has 0 fully saturated rings. The van der Waals surface area contributed by atoms with Crippen molar-refractivity contribution in [3.05, 3.63) is 81.4 Å². The second-order valence-corrected chi connectivity index (χ2v) is 8.48. The number of aliphatic hydroxyl groups is 1. The van der Waals surface area contributed by atoms with Crippen LogP contribution in [0.1, 0.15) is 50.0 Å². The molecule has 2 N–H and O–H groups in total. The van der Waals surface area contributed by atoms with E-state index in [0.29, 0.717) is 36.7 Å². The Kier molecular flexibility index (Phi) is 5.69. The van der Waals surface area contributed by atoms with Crippen LogP contribution in [0.2, 0.25) is 0 Å². The first-order valence-corrected chi connectivity index (χ1v) is 10.9. The molecule has 9 heteroatoms. The second kappa shape index (κ2) is 8.82. The van der Waals surface area contributed by atoms with Crippen LogP contribution < -0.4 is 5.32 Å². The molecule has 1 aromatic heterocycles. The van der Waals surface area contributed by atoms with E-state index in [0.717, 1.165) is 34.5 Å². The lowest BCUT2D eigenvalue weighted by atomic mass is 9.95. The first kappa shape index (κ1) is 21.9. The molecular weight excluding hydrogens is 437 g/mol. The number of esters is 1. The van der Waals surface area contributed by atoms with Gasteiger partial charge in [0.2, 0.25) is 5.95 Å². The predicted molar refractivity (Wildman–Crippen MR) is 121 cm³/mol. The van der Waals surface area contributed by atoms with E-state index in [4.69, 9.17) is 10.00 Å². The molecule has 2 aliphatic rings. The molecule has 172 valence electrons. The zero-order valence-electron chi connectivity index (χ0n) is 18.5. The maximum atomic E-state index is 13.9. The van der Waals surface area contributed by atoms with Gasteiger partial charge in [-0.2, -0.15) is 5.26 Å². The van der Waals surface area contributed by atoms with E-state index >= 15 is 0 Å². The molecule has 1 atom stereocenters. The maximum absolute atomic E-state index is 13.9. The van der Waals surface area contributed by atoms with Crippen molar-refractivity contribution >= 4 is 17.6 Å². The fourth-order valence-electron chi connectivity index (χ4n) is 4.47. The van der Waals surface area contributed by atoms with Gasteiger partial charge in [-0.1, -0.05) is 6.07 Å². The largest absolute Gasteiger partial charge is 0.457 e. The summed E-state index contributed by atoms with van der Waals surface area (Å²) < 4.78 is 19.0. The van der Waals surface area contributed by atoms with Gasteiger partial charge >= 0.3 is 5.97 Å². The van der Waals surface area contributed by atoms with Gasteiger partial charge in [0.05, 0.1) is 22.9 Å². The van der Waals surface area contributed by atoms with Crippen LogP contribution in [0.25, 0.3) is 0 Å². The average molecular weight is 459 g/mol. The highest BCUT2D eigenvalue weighted by atomic mass is 19.1. The standard InChI is InChI=1S/C25H22FN5O3/c1-14-18(4-5-19-20(14)13-34-24(19)33)23(32)12-31-7-6-22-16(11-31)10-28-25(30-22)29-17-3-2-15(9-27)21(26)8-17/h2-5,8,10,23,32H,6-7,11-13H2,1H3,(H,28,29,30). The van der Waals surface area contributed by atoms with Gasteiger partial charge in [0, 0.05) is 49.1 Å². The van der Waals surface area contributed by atoms with Crippen molar-refractivity contribution in [3.63, 3.8) is 0 Å². The van der Waals surface area contributed by atoms with Gasteiger partial charge in [0.15, 0.2) is 0 Å². The number of cyclic esters (lactones) is 1. The summed E-state index contributed by atoms with van der Waals surface area (Å²) in [7, 11) is 0. The number of carbonyl (C=O) groups excluding carboxylic acids is 1. The van der Waals surface area contributed by atoms with Gasteiger partial charge in [0.25, 0.3) is 0 Å². The molecule has 34 heavy (non-hydrogen) atoms. The lowest BCUT2D eigenvalue weighted by Gasteiger charge is -2.30. The molecule has 5 rings (SSSR count). The Balaban J connectivity index is 1.26. The van der Waals surface area contributed by atoms with Crippen molar-refractivity contribution in [2.24, 2.45) is 0 Å². The number of rotatable bonds is 5. The van der Waals surface area contributed by atoms with Crippen LogP contribution in [0.5, 0.6) is 0 Å². The summed E-state index contributed by atoms with van der Waals surface area (Å²) in [4.78, 5) is 22.8. The van der Waals surface area contributed by atoms with Gasteiger partial charge in [-0.15, -0.1) is 0 Å². The van der Waals surface area contributed by atoms with Crippen molar-refractivity contribution in [1.82, 2.24) is 14.9 Å². The molecule has 2 aromatic carbocycles. The number of fused-ring (bicyclic) bond motifs is 2. The molecule has 1 unspecified atom stereocenters. The minimum absolute atomic E-state index is 0.0175. The van der Waals surface area contributed by atoms with E-state index in [2.05, 4.69) is 20.2 Å². The first-order valence-electron chi connectivity index (χ1n) is 10.9. The van der Waals surface area contributed by atoms with Crippen LogP contribution in [0.3, 0.4) is 0 Å². The number of ether oxygens (including phenoxy) is 1. The van der Waals surface area contributed by atoms with Gasteiger partial charge < -0.3 is 15.2 Å². The number of aliphatic hydroxyl groups excluding tert-OH is 1. The molecule has 0 spiro atoms. The number of anilines is 2. The third-order valence-corrected chi connectivity index (χ3v) is 6.36. The molecule has 0 aliphatic carbocycles. The Morgan fingerprint density at radius 3 is 3.00 bits per heavy atom. The number of aromatic nitrogens is 2. The van der Waals surface area contributed by atoms with Crippen molar-refractivity contribution < 1.29 is 19.0 Å². The topological polar surface area (TPSA) is 111 Å². The summed E-state index contributed by atoms with van der Waals surface area (Å²) in [5.74, 6) is -0.552. The molecule has 0 saturated heterocycles. The van der Waals surface area contributed by atoms with Crippen LogP contribution in [0, 0.1) is 24.1 Å². The number of benzene rings is 2. The quantitative estimate of drug-likeness (QED) is 0.559. The lowest BCUT2D eigenvalue weighted by Crippen LogP contribution is -2.34. The van der Waals surface area contributed by atoms with E-state index in [1.807, 2.05) is 6.92 Å². The summed E-state index contributed by atoms with van der Waals surface area (Å²) in [6.07, 6.45) is 1.73. The van der Waals surface area contributed by atoms with Gasteiger partial charge in [-0.05, 0) is 42.3 Å². The number of nitrogens with one attached hydrogen (secondary N) is 1. The molecule has 0 amide bonds. The fourth-order valence-corrected chi connectivity index (χ4v) is 4.47. The minimum Gasteiger partial charge on any atom is -0.457 e. The summed E-state index contributed by atoms with van der Waals surface area (Å²) in [6.45, 7) is 3.92. The van der Waals surface area contributed by atoms with Crippen LogP contribution in [-0.4, -0.2) is 39.0 Å². The number of carbonyl (C=O) groups is 1. The second-order valence-electron chi connectivity index (χ2n) is 8.48. The number of halogens is 1. The molecule has 8 nitrogen and oxygen atoms in total. The summed E-state index contributed by atoms with van der Waals surface area (Å²) >= 11 is 0. The lowest BCUT2D eigenvalue weighted by molar-refractivity contribution is 0.0535. The van der Waals surface area contributed by atoms with Crippen LogP contribution in [0.15, 0.2) is 36.5 Å². The molecule has 3 heterocycles. The van der Waals surface area contributed by atoms with Crippen molar-refractivity contribution in [3.8, 4) is 6.07 Å². The third kappa shape index (κ3) is 4.09. The maximum Gasteiger partial charge on any atom is 0.338 e. The van der Waals surface area contributed by atoms with E-state index in [1.54, 1.807) is 30.5 Å². The number of β-amino-alcohol motifs (C(OH)–C–C–N with tert-alkyl or cyclic N) is 1. The minimum atomic E-state index is -0.698. The van der Waals surface area contributed by atoms with Crippen LogP contribution in [-0.2, 0) is 24.3 Å². The Hall–Kier alpha value is -3.87. The van der Waals surface area contributed by atoms with Gasteiger partial charge in [0.1, 0.15) is 18.5 Å². The molecular formula is C25H22FN5O3. The Labute approximate surface area is 195 Å². The van der Waals surface area contributed by atoms with Crippen molar-refractivity contribution in [1.29, 1.82) is 5.26 Å². The van der Waals surface area contributed by atoms with E-state index in [-0.39, 0.29) is 18.1 Å². The zero-order chi connectivity index (χ0) is 23.8. The number of nitrogens with zero attached hydrogens (tertiary/aromatic N) is 4. The SMILES string of the molecule is Cc1c(C(O)CN2CCc3nc(Nc4ccc(C#N)c(F)c4)ncc3C2)ccc2c1COC2=O. The summed E-state index contributed by atoms with van der Waals surface area (Å²) in [6, 6.07) is 9.58. The number of hydrogen-bond acceptors (Lipinski definition) is 8. The predicted octanol–water partition coefficient (Wildman–Crippen LogP) is 3.30. The van der Waals surface area contributed by atoms with E-state index < -0.39 is 11.9 Å². The Bertz CT molecular complexity index is 1340. The average Bonchev–Trinajstić information content (AvgIpc) is 3.21. The monoisotopic (exact) mass is 459 g/mol. The molecule has 0 radical (unpaired) electrons. The molecule has 3 aromatic rings. The van der Waals surface area contributed by atoms with Crippen LogP contribution >= 0.6 is 0 Å². The number of nitriles is 1. The molecule has 2 aliphatic heterocycles. The van der Waals surface area contributed by atoms with Crippen molar-refractivity contribution in [2.45, 2.75) is 32.6 Å². The van der Waals surface area contributed by atoms with E-state index in [1.165, 1.54) is 12.1 Å². The smallest absolute Gasteiger partial charge is 0.338 e. The highest BCUT2D eigenvalue weighted by Gasteiger charge is 2.27. The third-order valence-electron chi connectivity index (χ3n) is 6.36. The van der Waals surface area contributed by atoms with E-state index in [9.17, 15) is 14.3 Å². The van der Waals surface area contributed by atoms with Crippen molar-refractivity contribution in [2.75, 3.05) is 18.4 Å². The first-order chi connectivity index (χ1) is 16.4. The zero-order valence-corrected chi connectivity index (χ0v) is 18.5. The highest BCUT2D eigenvalue weighted by molar-refractivity contribution is 5.93. The normalized spacial score (nSPS) is 15.8. The van der Waals surface area contributed by atoms with Crippen LogP contribution in [0.4, 0.5) is 16.0 Å². The Morgan fingerprint density at radius 1 is 1.35 bits per heavy atom.